The van der Waals surface area contributed by atoms with E-state index in [0.717, 1.165) is 34.7 Å². The normalized spacial score (nSPS) is 17.4. The first-order chi connectivity index (χ1) is 12.2. The molecule has 25 heavy (non-hydrogen) atoms. The van der Waals surface area contributed by atoms with Gasteiger partial charge in [0, 0.05) is 17.2 Å². The molecule has 1 aromatic heterocycles. The van der Waals surface area contributed by atoms with Gasteiger partial charge in [-0.1, -0.05) is 24.3 Å². The Morgan fingerprint density at radius 3 is 2.88 bits per heavy atom. The van der Waals surface area contributed by atoms with Gasteiger partial charge in [-0.15, -0.1) is 5.10 Å². The Balaban J connectivity index is 1.76. The van der Waals surface area contributed by atoms with Crippen LogP contribution >= 0.6 is 11.8 Å². The Morgan fingerprint density at radius 2 is 2.12 bits per heavy atom. The molecule has 0 atom stereocenters. The standard InChI is InChI=1S/C17H13N3O4S/c1-23-15(21)9-14-16(22)19-17(25-14)20-18-10-11-5-2-3-6-12(11)13-7-4-8-24-13/h2-10H,1H3,(H,19,20,22)/b14-9+,18-10?. The summed E-state index contributed by atoms with van der Waals surface area (Å²) in [5.41, 5.74) is 1.70. The number of amides is 1. The Hall–Kier alpha value is -3.13. The molecule has 0 unspecified atom stereocenters. The van der Waals surface area contributed by atoms with Crippen molar-refractivity contribution in [1.82, 2.24) is 5.32 Å². The topological polar surface area (TPSA) is 93.3 Å². The third kappa shape index (κ3) is 4.04. The number of furan rings is 1. The zero-order valence-corrected chi connectivity index (χ0v) is 13.9. The first kappa shape index (κ1) is 16.7. The number of methoxy groups -OCH3 is 1. The highest BCUT2D eigenvalue weighted by Crippen LogP contribution is 2.24. The van der Waals surface area contributed by atoms with E-state index in [2.05, 4.69) is 20.3 Å². The highest BCUT2D eigenvalue weighted by atomic mass is 32.2. The third-order valence-electron chi connectivity index (χ3n) is 3.19. The summed E-state index contributed by atoms with van der Waals surface area (Å²) in [6.07, 6.45) is 4.28. The highest BCUT2D eigenvalue weighted by molar-refractivity contribution is 8.18. The lowest BCUT2D eigenvalue weighted by Gasteiger charge is -2.00. The molecule has 0 bridgehead atoms. The number of rotatable bonds is 4. The minimum Gasteiger partial charge on any atom is -0.466 e. The second-order valence-electron chi connectivity index (χ2n) is 4.80. The van der Waals surface area contributed by atoms with E-state index in [0.29, 0.717) is 0 Å². The smallest absolute Gasteiger partial charge is 0.331 e. The van der Waals surface area contributed by atoms with E-state index in [4.69, 9.17) is 4.42 Å². The molecule has 3 rings (SSSR count). The molecule has 7 nitrogen and oxygen atoms in total. The molecule has 0 aliphatic carbocycles. The lowest BCUT2D eigenvalue weighted by molar-refractivity contribution is -0.135. The number of amidine groups is 1. The van der Waals surface area contributed by atoms with Gasteiger partial charge < -0.3 is 9.15 Å². The average molecular weight is 355 g/mol. The minimum atomic E-state index is -0.602. The lowest BCUT2D eigenvalue weighted by Crippen LogP contribution is -2.19. The molecule has 2 aromatic rings. The molecule has 1 amide bonds. The minimum absolute atomic E-state index is 0.205. The summed E-state index contributed by atoms with van der Waals surface area (Å²) in [7, 11) is 1.24. The number of benzene rings is 1. The van der Waals surface area contributed by atoms with Crippen molar-refractivity contribution in [1.29, 1.82) is 0 Å². The van der Waals surface area contributed by atoms with Crippen molar-refractivity contribution in [2.24, 2.45) is 10.2 Å². The largest absolute Gasteiger partial charge is 0.466 e. The molecule has 1 N–H and O–H groups in total. The van der Waals surface area contributed by atoms with E-state index in [1.807, 2.05) is 36.4 Å². The van der Waals surface area contributed by atoms with Gasteiger partial charge in [0.25, 0.3) is 5.91 Å². The Labute approximate surface area is 147 Å². The van der Waals surface area contributed by atoms with Crippen molar-refractivity contribution in [3.63, 3.8) is 0 Å². The molecule has 8 heteroatoms. The first-order valence-electron chi connectivity index (χ1n) is 7.20. The van der Waals surface area contributed by atoms with Gasteiger partial charge in [-0.3, -0.25) is 10.1 Å². The van der Waals surface area contributed by atoms with E-state index in [1.54, 1.807) is 12.5 Å². The van der Waals surface area contributed by atoms with Crippen LogP contribution in [0.1, 0.15) is 5.56 Å². The number of nitrogens with one attached hydrogen (secondary N) is 1. The molecule has 0 spiro atoms. The Morgan fingerprint density at radius 1 is 1.28 bits per heavy atom. The summed E-state index contributed by atoms with van der Waals surface area (Å²) in [5.74, 6) is -0.295. The Kier molecular flexibility index (Phi) is 5.10. The number of ether oxygens (including phenoxy) is 1. The maximum atomic E-state index is 11.7. The van der Waals surface area contributed by atoms with Crippen LogP contribution in [0.25, 0.3) is 11.3 Å². The molecule has 1 fully saturated rings. The number of nitrogens with zero attached hydrogens (tertiary/aromatic N) is 2. The van der Waals surface area contributed by atoms with E-state index in [1.165, 1.54) is 7.11 Å². The third-order valence-corrected chi connectivity index (χ3v) is 4.09. The number of hydrogen-bond donors (Lipinski definition) is 1. The van der Waals surface area contributed by atoms with Gasteiger partial charge in [-0.2, -0.15) is 5.10 Å². The monoisotopic (exact) mass is 355 g/mol. The van der Waals surface area contributed by atoms with Crippen LogP contribution in [-0.4, -0.2) is 30.4 Å². The molecule has 1 aliphatic heterocycles. The SMILES string of the molecule is COC(=O)/C=C1/S/C(=N\N=Cc2ccccc2-c2ccco2)NC1=O. The summed E-state index contributed by atoms with van der Waals surface area (Å²) in [6.45, 7) is 0. The molecule has 1 aromatic carbocycles. The van der Waals surface area contributed by atoms with Crippen molar-refractivity contribution in [2.45, 2.75) is 0 Å². The van der Waals surface area contributed by atoms with E-state index < -0.39 is 11.9 Å². The van der Waals surface area contributed by atoms with Crippen molar-refractivity contribution >= 4 is 35.0 Å². The summed E-state index contributed by atoms with van der Waals surface area (Å²) in [5, 5.41) is 10.8. The van der Waals surface area contributed by atoms with Crippen LogP contribution in [0.3, 0.4) is 0 Å². The fraction of sp³-hybridized carbons (Fsp3) is 0.0588. The molecule has 2 heterocycles. The number of thioether (sulfide) groups is 1. The quantitative estimate of drug-likeness (QED) is 0.394. The number of hydrogen-bond acceptors (Lipinski definition) is 7. The van der Waals surface area contributed by atoms with Gasteiger partial charge in [-0.05, 0) is 23.9 Å². The second kappa shape index (κ2) is 7.63. The molecular weight excluding hydrogens is 342 g/mol. The van der Waals surface area contributed by atoms with Gasteiger partial charge in [0.05, 0.1) is 24.5 Å². The second-order valence-corrected chi connectivity index (χ2v) is 5.83. The highest BCUT2D eigenvalue weighted by Gasteiger charge is 2.25. The van der Waals surface area contributed by atoms with Gasteiger partial charge in [0.1, 0.15) is 5.76 Å². The van der Waals surface area contributed by atoms with Crippen molar-refractivity contribution in [2.75, 3.05) is 7.11 Å². The molecule has 1 saturated heterocycles. The summed E-state index contributed by atoms with van der Waals surface area (Å²) < 4.78 is 9.90. The van der Waals surface area contributed by atoms with Gasteiger partial charge in [-0.25, -0.2) is 4.79 Å². The van der Waals surface area contributed by atoms with Crippen LogP contribution in [-0.2, 0) is 14.3 Å². The molecular formula is C17H13N3O4S. The molecule has 126 valence electrons. The number of esters is 1. The first-order valence-corrected chi connectivity index (χ1v) is 8.02. The predicted molar refractivity (Wildman–Crippen MR) is 95.0 cm³/mol. The van der Waals surface area contributed by atoms with E-state index >= 15 is 0 Å². The zero-order valence-electron chi connectivity index (χ0n) is 13.1. The fourth-order valence-electron chi connectivity index (χ4n) is 2.05. The van der Waals surface area contributed by atoms with Crippen LogP contribution in [0.5, 0.6) is 0 Å². The molecule has 0 radical (unpaired) electrons. The summed E-state index contributed by atoms with van der Waals surface area (Å²) >= 11 is 1.02. The predicted octanol–water partition coefficient (Wildman–Crippen LogP) is 2.56. The number of carbonyl (C=O) groups excluding carboxylic acids is 2. The van der Waals surface area contributed by atoms with E-state index in [-0.39, 0.29) is 10.1 Å². The van der Waals surface area contributed by atoms with Gasteiger partial charge >= 0.3 is 5.97 Å². The lowest BCUT2D eigenvalue weighted by atomic mass is 10.1. The van der Waals surface area contributed by atoms with Crippen LogP contribution < -0.4 is 5.32 Å². The van der Waals surface area contributed by atoms with Crippen molar-refractivity contribution in [3.8, 4) is 11.3 Å². The molecule has 0 saturated carbocycles. The zero-order chi connectivity index (χ0) is 17.6. The average Bonchev–Trinajstić information content (AvgIpc) is 3.26. The van der Waals surface area contributed by atoms with Crippen LogP contribution in [0.4, 0.5) is 0 Å². The van der Waals surface area contributed by atoms with Crippen molar-refractivity contribution < 1.29 is 18.7 Å². The number of carbonyl (C=O) groups is 2. The van der Waals surface area contributed by atoms with E-state index in [9.17, 15) is 9.59 Å². The fourth-order valence-corrected chi connectivity index (χ4v) is 2.79. The molecule has 1 aliphatic rings. The van der Waals surface area contributed by atoms with Crippen molar-refractivity contribution in [3.05, 3.63) is 59.2 Å². The van der Waals surface area contributed by atoms with Gasteiger partial charge in [0.15, 0.2) is 5.17 Å². The maximum Gasteiger partial charge on any atom is 0.331 e. The summed E-state index contributed by atoms with van der Waals surface area (Å²) in [4.78, 5) is 23.1. The van der Waals surface area contributed by atoms with Gasteiger partial charge in [0.2, 0.25) is 0 Å². The van der Waals surface area contributed by atoms with Crippen LogP contribution in [0.15, 0.2) is 68.3 Å². The van der Waals surface area contributed by atoms with Crippen LogP contribution in [0, 0.1) is 0 Å². The Bertz CT molecular complexity index is 885. The maximum absolute atomic E-state index is 11.7. The van der Waals surface area contributed by atoms with Crippen LogP contribution in [0.2, 0.25) is 0 Å². The summed E-state index contributed by atoms with van der Waals surface area (Å²) in [6, 6.07) is 11.2.